The average Bonchev–Trinajstić information content (AvgIpc) is 3.27. The van der Waals surface area contributed by atoms with Gasteiger partial charge in [0, 0.05) is 62.8 Å². The first kappa shape index (κ1) is 16.1. The molecule has 1 aliphatic rings. The Morgan fingerprint density at radius 2 is 2.17 bits per heavy atom. The van der Waals surface area contributed by atoms with Gasteiger partial charge in [0.2, 0.25) is 5.13 Å². The van der Waals surface area contributed by atoms with E-state index in [1.54, 1.807) is 11.3 Å². The lowest BCUT2D eigenvalue weighted by Crippen LogP contribution is -2.52. The smallest absolute Gasteiger partial charge is 0.205 e. The molecule has 0 unspecified atom stereocenters. The van der Waals surface area contributed by atoms with Crippen LogP contribution >= 0.6 is 22.9 Å². The second kappa shape index (κ2) is 7.69. The van der Waals surface area contributed by atoms with Gasteiger partial charge < -0.3 is 15.1 Å². The van der Waals surface area contributed by atoms with Crippen molar-refractivity contribution in [3.05, 3.63) is 22.4 Å². The zero-order valence-corrected chi connectivity index (χ0v) is 15.0. The third-order valence-electron chi connectivity index (χ3n) is 3.72. The molecule has 0 aromatic carbocycles. The summed E-state index contributed by atoms with van der Waals surface area (Å²) in [4.78, 5) is 17.8. The Bertz CT molecular complexity index is 629. The number of piperazine rings is 1. The molecule has 1 fully saturated rings. The van der Waals surface area contributed by atoms with E-state index in [-0.39, 0.29) is 0 Å². The van der Waals surface area contributed by atoms with Crippen LogP contribution in [0.4, 0.5) is 5.13 Å². The summed E-state index contributed by atoms with van der Waals surface area (Å²) >= 11 is 3.15. The molecular formula is C14H21N7S2. The summed E-state index contributed by atoms with van der Waals surface area (Å²) < 4.78 is 4.37. The highest BCUT2D eigenvalue weighted by molar-refractivity contribution is 7.09. The number of hydrogen-bond donors (Lipinski definition) is 1. The van der Waals surface area contributed by atoms with Crippen LogP contribution in [0.15, 0.2) is 16.6 Å². The largest absolute Gasteiger partial charge is 0.350 e. The van der Waals surface area contributed by atoms with Crippen LogP contribution in [0.5, 0.6) is 0 Å². The van der Waals surface area contributed by atoms with Crippen LogP contribution in [0.3, 0.4) is 0 Å². The molecule has 0 amide bonds. The Hall–Kier alpha value is -1.74. The van der Waals surface area contributed by atoms with Crippen LogP contribution < -0.4 is 10.2 Å². The molecule has 124 valence electrons. The van der Waals surface area contributed by atoms with E-state index in [4.69, 9.17) is 0 Å². The summed E-state index contributed by atoms with van der Waals surface area (Å²) in [6.45, 7) is 6.55. The zero-order chi connectivity index (χ0) is 16.1. The van der Waals surface area contributed by atoms with E-state index in [0.717, 1.165) is 61.1 Å². The summed E-state index contributed by atoms with van der Waals surface area (Å²) in [6.07, 6.45) is 2.72. The number of nitrogens with zero attached hydrogens (tertiary/aromatic N) is 6. The Morgan fingerprint density at radius 3 is 2.78 bits per heavy atom. The minimum atomic E-state index is 0.723. The molecule has 9 heteroatoms. The maximum Gasteiger partial charge on any atom is 0.205 e. The van der Waals surface area contributed by atoms with Crippen LogP contribution in [0.25, 0.3) is 0 Å². The number of anilines is 1. The van der Waals surface area contributed by atoms with E-state index in [9.17, 15) is 0 Å². The van der Waals surface area contributed by atoms with Gasteiger partial charge in [-0.3, -0.25) is 4.99 Å². The maximum absolute atomic E-state index is 4.57. The fourth-order valence-corrected chi connectivity index (χ4v) is 3.81. The molecule has 0 radical (unpaired) electrons. The van der Waals surface area contributed by atoms with Crippen LogP contribution in [-0.4, -0.2) is 58.4 Å². The van der Waals surface area contributed by atoms with Crippen molar-refractivity contribution in [1.82, 2.24) is 24.6 Å². The highest BCUT2D eigenvalue weighted by Crippen LogP contribution is 2.19. The van der Waals surface area contributed by atoms with Gasteiger partial charge in [0.15, 0.2) is 5.96 Å². The molecule has 0 atom stereocenters. The van der Waals surface area contributed by atoms with E-state index in [1.807, 2.05) is 18.6 Å². The van der Waals surface area contributed by atoms with Gasteiger partial charge in [-0.1, -0.05) is 6.92 Å². The van der Waals surface area contributed by atoms with Gasteiger partial charge in [-0.05, 0) is 0 Å². The first-order chi connectivity index (χ1) is 11.3. The molecule has 23 heavy (non-hydrogen) atoms. The lowest BCUT2D eigenvalue weighted by Gasteiger charge is -2.36. The van der Waals surface area contributed by atoms with Crippen molar-refractivity contribution in [1.29, 1.82) is 0 Å². The predicted octanol–water partition coefficient (Wildman–Crippen LogP) is 1.45. The molecule has 7 nitrogen and oxygen atoms in total. The Morgan fingerprint density at radius 1 is 1.35 bits per heavy atom. The van der Waals surface area contributed by atoms with E-state index < -0.39 is 0 Å². The van der Waals surface area contributed by atoms with Crippen molar-refractivity contribution in [3.63, 3.8) is 0 Å². The summed E-state index contributed by atoms with van der Waals surface area (Å²) in [7, 11) is 1.83. The molecule has 1 saturated heterocycles. The number of hydrogen-bond acceptors (Lipinski definition) is 7. The van der Waals surface area contributed by atoms with Crippen molar-refractivity contribution < 1.29 is 0 Å². The average molecular weight is 352 g/mol. The standard InChI is InChI=1S/C14H21N7S2/c1-3-11-18-14(23-19-11)21-7-5-20(6-8-21)13(15-2)17-10-12-16-4-9-22-12/h4,9H,3,5-8,10H2,1-2H3,(H,15,17). The van der Waals surface area contributed by atoms with E-state index in [2.05, 4.69) is 41.4 Å². The Labute approximate surface area is 144 Å². The summed E-state index contributed by atoms with van der Waals surface area (Å²) in [5.41, 5.74) is 0. The summed E-state index contributed by atoms with van der Waals surface area (Å²) in [5, 5.41) is 7.49. The van der Waals surface area contributed by atoms with Crippen LogP contribution in [0.1, 0.15) is 17.8 Å². The Balaban J connectivity index is 1.52. The number of aryl methyl sites for hydroxylation is 1. The minimum absolute atomic E-state index is 0.723. The molecular weight excluding hydrogens is 330 g/mol. The Kier molecular flexibility index (Phi) is 5.39. The van der Waals surface area contributed by atoms with E-state index in [1.165, 1.54) is 11.5 Å². The second-order valence-corrected chi connectivity index (χ2v) is 6.86. The first-order valence-corrected chi connectivity index (χ1v) is 9.37. The van der Waals surface area contributed by atoms with Crippen molar-refractivity contribution in [3.8, 4) is 0 Å². The first-order valence-electron chi connectivity index (χ1n) is 7.71. The van der Waals surface area contributed by atoms with Crippen molar-refractivity contribution in [2.45, 2.75) is 19.9 Å². The van der Waals surface area contributed by atoms with Gasteiger partial charge in [0.1, 0.15) is 10.8 Å². The fourth-order valence-electron chi connectivity index (χ4n) is 2.45. The third-order valence-corrected chi connectivity index (χ3v) is 5.31. The predicted molar refractivity (Wildman–Crippen MR) is 95.4 cm³/mol. The summed E-state index contributed by atoms with van der Waals surface area (Å²) in [6, 6.07) is 0. The molecule has 0 spiro atoms. The zero-order valence-electron chi connectivity index (χ0n) is 13.4. The highest BCUT2D eigenvalue weighted by Gasteiger charge is 2.22. The molecule has 0 bridgehead atoms. The number of aliphatic imine (C=N–C) groups is 1. The van der Waals surface area contributed by atoms with Crippen molar-refractivity contribution in [2.24, 2.45) is 4.99 Å². The number of nitrogens with one attached hydrogen (secondary N) is 1. The normalized spacial score (nSPS) is 16.0. The number of aromatic nitrogens is 3. The molecule has 3 rings (SSSR count). The number of thiazole rings is 1. The number of rotatable bonds is 4. The summed E-state index contributed by atoms with van der Waals surface area (Å²) in [5.74, 6) is 1.87. The molecule has 0 saturated carbocycles. The van der Waals surface area contributed by atoms with E-state index in [0.29, 0.717) is 0 Å². The van der Waals surface area contributed by atoms with Crippen molar-refractivity contribution >= 4 is 34.0 Å². The fraction of sp³-hybridized carbons (Fsp3) is 0.571. The lowest BCUT2D eigenvalue weighted by molar-refractivity contribution is 0.372. The van der Waals surface area contributed by atoms with Gasteiger partial charge in [-0.15, -0.1) is 11.3 Å². The molecule has 1 aliphatic heterocycles. The van der Waals surface area contributed by atoms with Gasteiger partial charge in [-0.2, -0.15) is 4.37 Å². The topological polar surface area (TPSA) is 69.5 Å². The minimum Gasteiger partial charge on any atom is -0.350 e. The highest BCUT2D eigenvalue weighted by atomic mass is 32.1. The van der Waals surface area contributed by atoms with Gasteiger partial charge in [0.25, 0.3) is 0 Å². The quantitative estimate of drug-likeness (QED) is 0.664. The molecule has 2 aromatic rings. The van der Waals surface area contributed by atoms with Crippen LogP contribution in [0.2, 0.25) is 0 Å². The monoisotopic (exact) mass is 351 g/mol. The third kappa shape index (κ3) is 3.97. The maximum atomic E-state index is 4.57. The van der Waals surface area contributed by atoms with Gasteiger partial charge in [0.05, 0.1) is 6.54 Å². The number of guanidine groups is 1. The van der Waals surface area contributed by atoms with E-state index >= 15 is 0 Å². The lowest BCUT2D eigenvalue weighted by atomic mass is 10.3. The van der Waals surface area contributed by atoms with Crippen molar-refractivity contribution in [2.75, 3.05) is 38.1 Å². The SMILES string of the molecule is CCc1nsc(N2CCN(C(=NC)NCc3nccs3)CC2)n1. The van der Waals surface area contributed by atoms with Crippen LogP contribution in [0, 0.1) is 0 Å². The molecule has 3 heterocycles. The van der Waals surface area contributed by atoms with Gasteiger partial charge in [-0.25, -0.2) is 9.97 Å². The van der Waals surface area contributed by atoms with Gasteiger partial charge >= 0.3 is 0 Å². The molecule has 0 aliphatic carbocycles. The van der Waals surface area contributed by atoms with Crippen LogP contribution in [-0.2, 0) is 13.0 Å². The second-order valence-electron chi connectivity index (χ2n) is 5.15. The molecule has 1 N–H and O–H groups in total. The molecule has 2 aromatic heterocycles.